The molecule has 1 aromatic carbocycles. The molecule has 0 radical (unpaired) electrons. The molecule has 0 aliphatic carbocycles. The maximum atomic E-state index is 12.5. The first kappa shape index (κ1) is 17.5. The highest BCUT2D eigenvalue weighted by Crippen LogP contribution is 2.33. The van der Waals surface area contributed by atoms with Gasteiger partial charge < -0.3 is 4.90 Å². The second-order valence-corrected chi connectivity index (χ2v) is 9.38. The second kappa shape index (κ2) is 6.86. The summed E-state index contributed by atoms with van der Waals surface area (Å²) < 4.78 is 24.7. The van der Waals surface area contributed by atoms with Crippen LogP contribution in [0.5, 0.6) is 0 Å². The minimum atomic E-state index is -3.48. The molecule has 0 spiro atoms. The number of fused-ring (bicyclic) bond motifs is 1. The van der Waals surface area contributed by atoms with Crippen LogP contribution in [0.25, 0.3) is 0 Å². The molecule has 2 heterocycles. The van der Waals surface area contributed by atoms with Crippen LogP contribution in [0.1, 0.15) is 29.8 Å². The van der Waals surface area contributed by atoms with Crippen LogP contribution in [-0.4, -0.2) is 31.5 Å². The number of amides is 1. The summed E-state index contributed by atoms with van der Waals surface area (Å²) in [7, 11) is -3.48. The van der Waals surface area contributed by atoms with Crippen LogP contribution in [0.4, 0.5) is 0 Å². The molecular weight excluding hydrogens is 366 g/mol. The van der Waals surface area contributed by atoms with Crippen molar-refractivity contribution in [2.24, 2.45) is 0 Å². The minimum Gasteiger partial charge on any atom is -0.336 e. The fraction of sp³-hybridized carbons (Fsp3) is 0.353. The van der Waals surface area contributed by atoms with Gasteiger partial charge in [-0.3, -0.25) is 4.79 Å². The molecule has 1 aliphatic heterocycles. The average Bonchev–Trinajstić information content (AvgIpc) is 3.03. The second-order valence-electron chi connectivity index (χ2n) is 5.84. The van der Waals surface area contributed by atoms with Gasteiger partial charge in [0.15, 0.2) is 9.84 Å². The van der Waals surface area contributed by atoms with E-state index in [2.05, 4.69) is 6.07 Å². The molecule has 24 heavy (non-hydrogen) atoms. The monoisotopic (exact) mass is 383 g/mol. The zero-order valence-corrected chi connectivity index (χ0v) is 15.6. The lowest BCUT2D eigenvalue weighted by Gasteiger charge is -2.33. The maximum Gasteiger partial charge on any atom is 0.224 e. The van der Waals surface area contributed by atoms with Crippen LogP contribution in [-0.2, 0) is 21.1 Å². The zero-order valence-electron chi connectivity index (χ0n) is 13.2. The third-order valence-corrected chi connectivity index (χ3v) is 7.34. The molecule has 0 unspecified atom stereocenters. The van der Waals surface area contributed by atoms with E-state index < -0.39 is 9.84 Å². The predicted molar refractivity (Wildman–Crippen MR) is 96.3 cm³/mol. The first-order valence-electron chi connectivity index (χ1n) is 7.72. The number of carbonyl (C=O) groups excluding carboxylic acids is 1. The van der Waals surface area contributed by atoms with Crippen molar-refractivity contribution in [2.75, 3.05) is 12.3 Å². The first-order valence-corrected chi connectivity index (χ1v) is 10.6. The highest BCUT2D eigenvalue weighted by Gasteiger charge is 2.29. The van der Waals surface area contributed by atoms with Crippen molar-refractivity contribution in [3.05, 3.63) is 51.2 Å². The Morgan fingerprint density at radius 2 is 2.00 bits per heavy atom. The Bertz CT molecular complexity index is 843. The number of carbonyl (C=O) groups is 1. The van der Waals surface area contributed by atoms with Crippen molar-refractivity contribution in [1.29, 1.82) is 0 Å². The summed E-state index contributed by atoms with van der Waals surface area (Å²) in [6, 6.07) is 8.09. The van der Waals surface area contributed by atoms with Crippen molar-refractivity contribution in [3.63, 3.8) is 0 Å². The third-order valence-electron chi connectivity index (χ3n) is 4.35. The molecule has 0 N–H and O–H groups in total. The van der Waals surface area contributed by atoms with Crippen LogP contribution in [0, 0.1) is 0 Å². The Labute approximate surface area is 151 Å². The van der Waals surface area contributed by atoms with Gasteiger partial charge in [0.05, 0.1) is 16.7 Å². The fourth-order valence-corrected chi connectivity index (χ4v) is 5.29. The van der Waals surface area contributed by atoms with Crippen LogP contribution < -0.4 is 0 Å². The SMILES string of the molecule is C[C@@H]1c2ccsc2CCN1C(=O)CCS(=O)(=O)c1ccc(Cl)cc1. The number of rotatable bonds is 4. The van der Waals surface area contributed by atoms with Crippen molar-refractivity contribution in [3.8, 4) is 0 Å². The molecule has 0 saturated carbocycles. The van der Waals surface area contributed by atoms with E-state index in [1.807, 2.05) is 12.3 Å². The number of benzene rings is 1. The predicted octanol–water partition coefficient (Wildman–Crippen LogP) is 3.71. The summed E-state index contributed by atoms with van der Waals surface area (Å²) >= 11 is 7.50. The molecule has 0 fully saturated rings. The van der Waals surface area contributed by atoms with Gasteiger partial charge in [-0.05, 0) is 54.6 Å². The van der Waals surface area contributed by atoms with Crippen molar-refractivity contribution < 1.29 is 13.2 Å². The van der Waals surface area contributed by atoms with Crippen LogP contribution in [0.2, 0.25) is 5.02 Å². The molecule has 1 aromatic heterocycles. The van der Waals surface area contributed by atoms with Crippen LogP contribution in [0.15, 0.2) is 40.6 Å². The molecule has 2 aromatic rings. The molecule has 4 nitrogen and oxygen atoms in total. The summed E-state index contributed by atoms with van der Waals surface area (Å²) in [5, 5.41) is 2.53. The Balaban J connectivity index is 1.66. The van der Waals surface area contributed by atoms with Gasteiger partial charge in [0, 0.05) is 22.9 Å². The van der Waals surface area contributed by atoms with Gasteiger partial charge in [-0.15, -0.1) is 11.3 Å². The number of hydrogen-bond donors (Lipinski definition) is 0. The van der Waals surface area contributed by atoms with Crippen LogP contribution in [0.3, 0.4) is 0 Å². The van der Waals surface area contributed by atoms with Gasteiger partial charge in [-0.25, -0.2) is 8.42 Å². The summed E-state index contributed by atoms with van der Waals surface area (Å²) in [6.07, 6.45) is 0.835. The molecule has 1 amide bonds. The van der Waals surface area contributed by atoms with Crippen LogP contribution >= 0.6 is 22.9 Å². The molecule has 3 rings (SSSR count). The summed E-state index contributed by atoms with van der Waals surface area (Å²) in [6.45, 7) is 2.64. The molecule has 7 heteroatoms. The van der Waals surface area contributed by atoms with E-state index in [1.54, 1.807) is 28.4 Å². The van der Waals surface area contributed by atoms with Crippen molar-refractivity contribution >= 4 is 38.7 Å². The Morgan fingerprint density at radius 1 is 1.29 bits per heavy atom. The van der Waals surface area contributed by atoms with Gasteiger partial charge >= 0.3 is 0 Å². The Morgan fingerprint density at radius 3 is 2.71 bits per heavy atom. The van der Waals surface area contributed by atoms with Gasteiger partial charge in [0.2, 0.25) is 5.91 Å². The third kappa shape index (κ3) is 3.50. The smallest absolute Gasteiger partial charge is 0.224 e. The molecule has 0 saturated heterocycles. The fourth-order valence-electron chi connectivity index (χ4n) is 2.98. The van der Waals surface area contributed by atoms with E-state index in [4.69, 9.17) is 11.6 Å². The lowest BCUT2D eigenvalue weighted by molar-refractivity contribution is -0.133. The Hall–Kier alpha value is -1.37. The molecular formula is C17H18ClNO3S2. The molecule has 0 bridgehead atoms. The topological polar surface area (TPSA) is 54.5 Å². The lowest BCUT2D eigenvalue weighted by atomic mass is 10.0. The standard InChI is InChI=1S/C17H18ClNO3S2/c1-12-15-7-10-23-16(15)6-9-19(12)17(20)8-11-24(21,22)14-4-2-13(18)3-5-14/h2-5,7,10,12H,6,8-9,11H2,1H3/t12-/m1/s1. The highest BCUT2D eigenvalue weighted by molar-refractivity contribution is 7.91. The minimum absolute atomic E-state index is 0.00519. The quantitative estimate of drug-likeness (QED) is 0.808. The van der Waals surface area contributed by atoms with Gasteiger partial charge in [0.1, 0.15) is 0 Å². The number of hydrogen-bond acceptors (Lipinski definition) is 4. The molecule has 128 valence electrons. The van der Waals surface area contributed by atoms with E-state index >= 15 is 0 Å². The molecule has 1 aliphatic rings. The van der Waals surface area contributed by atoms with E-state index in [-0.39, 0.29) is 29.0 Å². The zero-order chi connectivity index (χ0) is 17.3. The average molecular weight is 384 g/mol. The van der Waals surface area contributed by atoms with E-state index in [1.165, 1.54) is 22.6 Å². The first-order chi connectivity index (χ1) is 11.4. The highest BCUT2D eigenvalue weighted by atomic mass is 35.5. The largest absolute Gasteiger partial charge is 0.336 e. The van der Waals surface area contributed by atoms with E-state index in [0.717, 1.165) is 6.42 Å². The van der Waals surface area contributed by atoms with E-state index in [9.17, 15) is 13.2 Å². The number of thiophene rings is 1. The van der Waals surface area contributed by atoms with Crippen molar-refractivity contribution in [1.82, 2.24) is 4.90 Å². The Kier molecular flexibility index (Phi) is 4.99. The summed E-state index contributed by atoms with van der Waals surface area (Å²) in [5.74, 6) is -0.301. The lowest BCUT2D eigenvalue weighted by Crippen LogP contribution is -2.38. The van der Waals surface area contributed by atoms with Gasteiger partial charge in [-0.2, -0.15) is 0 Å². The molecule has 1 atom stereocenters. The van der Waals surface area contributed by atoms with Gasteiger partial charge in [-0.1, -0.05) is 11.6 Å². The summed E-state index contributed by atoms with van der Waals surface area (Å²) in [4.78, 5) is 15.8. The van der Waals surface area contributed by atoms with Gasteiger partial charge in [0.25, 0.3) is 0 Å². The van der Waals surface area contributed by atoms with Crippen molar-refractivity contribution in [2.45, 2.75) is 30.7 Å². The maximum absolute atomic E-state index is 12.5. The number of halogens is 1. The normalized spacial score (nSPS) is 17.6. The number of nitrogens with zero attached hydrogens (tertiary/aromatic N) is 1. The van der Waals surface area contributed by atoms with E-state index in [0.29, 0.717) is 11.6 Å². The summed E-state index contributed by atoms with van der Waals surface area (Å²) in [5.41, 5.74) is 1.18. The number of sulfone groups is 1.